The maximum absolute atomic E-state index is 14.2. The molecule has 1 aromatic carbocycles. The first-order valence-corrected chi connectivity index (χ1v) is 6.80. The van der Waals surface area contributed by atoms with Crippen LogP contribution in [0.2, 0.25) is 0 Å². The van der Waals surface area contributed by atoms with E-state index in [4.69, 9.17) is 9.84 Å². The summed E-state index contributed by atoms with van der Waals surface area (Å²) in [5.41, 5.74) is 0.0942. The van der Waals surface area contributed by atoms with Crippen LogP contribution in [0.1, 0.15) is 11.6 Å². The van der Waals surface area contributed by atoms with Gasteiger partial charge in [-0.1, -0.05) is 0 Å². The van der Waals surface area contributed by atoms with Gasteiger partial charge in [0.25, 0.3) is 5.92 Å². The van der Waals surface area contributed by atoms with Gasteiger partial charge < -0.3 is 20.3 Å². The summed E-state index contributed by atoms with van der Waals surface area (Å²) < 4.78 is 33.4. The molecule has 0 saturated carbocycles. The molecule has 0 aliphatic carbocycles. The molecule has 1 heterocycles. The number of nitrogens with zero attached hydrogens (tertiary/aromatic N) is 1. The third-order valence-corrected chi connectivity index (χ3v) is 3.66. The number of phenols is 1. The standard InChI is InChI=1S/C14H20F2N2O3.ClH/c1-21-10-2-3-11(12(20)8-10)13(14(15,16)9-19)18-6-4-17-5-7-18;/h2-3,8,13,17,19-20H,4-7,9H2,1H3;1H/t13-;/m1./s1. The largest absolute Gasteiger partial charge is 0.507 e. The van der Waals surface area contributed by atoms with Crippen LogP contribution in [0.4, 0.5) is 8.78 Å². The molecule has 8 heteroatoms. The molecule has 1 aliphatic rings. The molecule has 126 valence electrons. The summed E-state index contributed by atoms with van der Waals surface area (Å²) in [5, 5.41) is 22.2. The van der Waals surface area contributed by atoms with Crippen LogP contribution in [0.25, 0.3) is 0 Å². The fourth-order valence-electron chi connectivity index (χ4n) is 2.60. The fraction of sp³-hybridized carbons (Fsp3) is 0.571. The first-order valence-electron chi connectivity index (χ1n) is 6.80. The maximum Gasteiger partial charge on any atom is 0.290 e. The van der Waals surface area contributed by atoms with Gasteiger partial charge in [-0.05, 0) is 12.1 Å². The van der Waals surface area contributed by atoms with Gasteiger partial charge in [-0.25, -0.2) is 8.78 Å². The van der Waals surface area contributed by atoms with Gasteiger partial charge in [-0.2, -0.15) is 0 Å². The molecule has 0 amide bonds. The van der Waals surface area contributed by atoms with Crippen molar-refractivity contribution in [1.82, 2.24) is 10.2 Å². The Hall–Kier alpha value is -1.15. The Labute approximate surface area is 134 Å². The van der Waals surface area contributed by atoms with Crippen molar-refractivity contribution in [3.05, 3.63) is 23.8 Å². The molecular weight excluding hydrogens is 318 g/mol. The van der Waals surface area contributed by atoms with E-state index >= 15 is 0 Å². The number of benzene rings is 1. The summed E-state index contributed by atoms with van der Waals surface area (Å²) in [7, 11) is 1.44. The first kappa shape index (κ1) is 18.9. The molecule has 1 fully saturated rings. The van der Waals surface area contributed by atoms with Crippen molar-refractivity contribution >= 4 is 12.4 Å². The Kier molecular flexibility index (Phi) is 6.80. The zero-order valence-electron chi connectivity index (χ0n) is 12.3. The van der Waals surface area contributed by atoms with Crippen LogP contribution in [-0.2, 0) is 0 Å². The lowest BCUT2D eigenvalue weighted by Gasteiger charge is -2.38. The number of aliphatic hydroxyl groups excluding tert-OH is 1. The summed E-state index contributed by atoms with van der Waals surface area (Å²) in [6, 6.07) is 2.88. The van der Waals surface area contributed by atoms with Gasteiger partial charge in [0.2, 0.25) is 0 Å². The highest BCUT2D eigenvalue weighted by Gasteiger charge is 2.45. The summed E-state index contributed by atoms with van der Waals surface area (Å²) in [4.78, 5) is 1.58. The monoisotopic (exact) mass is 338 g/mol. The molecule has 1 saturated heterocycles. The minimum absolute atomic E-state index is 0. The number of halogens is 3. The van der Waals surface area contributed by atoms with Crippen LogP contribution in [-0.4, -0.2) is 60.9 Å². The highest BCUT2D eigenvalue weighted by molar-refractivity contribution is 5.85. The number of alkyl halides is 2. The lowest BCUT2D eigenvalue weighted by atomic mass is 9.97. The molecule has 2 rings (SSSR count). The Balaban J connectivity index is 0.00000242. The van der Waals surface area contributed by atoms with Crippen LogP contribution in [0.3, 0.4) is 0 Å². The zero-order chi connectivity index (χ0) is 15.5. The number of hydrogen-bond acceptors (Lipinski definition) is 5. The summed E-state index contributed by atoms with van der Waals surface area (Å²) in [5.74, 6) is -3.21. The van der Waals surface area contributed by atoms with Crippen molar-refractivity contribution in [2.24, 2.45) is 0 Å². The van der Waals surface area contributed by atoms with E-state index in [9.17, 15) is 13.9 Å². The summed E-state index contributed by atoms with van der Waals surface area (Å²) in [6.45, 7) is 0.758. The first-order chi connectivity index (χ1) is 9.99. The van der Waals surface area contributed by atoms with Crippen LogP contribution in [0.5, 0.6) is 11.5 Å². The highest BCUT2D eigenvalue weighted by Crippen LogP contribution is 2.41. The molecule has 1 aliphatic heterocycles. The van der Waals surface area contributed by atoms with Crippen molar-refractivity contribution in [3.8, 4) is 11.5 Å². The molecular formula is C14H21ClF2N2O3. The van der Waals surface area contributed by atoms with Gasteiger partial charge in [0.05, 0.1) is 7.11 Å². The summed E-state index contributed by atoms with van der Waals surface area (Å²) >= 11 is 0. The lowest BCUT2D eigenvalue weighted by Crippen LogP contribution is -2.51. The van der Waals surface area contributed by atoms with Crippen LogP contribution < -0.4 is 10.1 Å². The Morgan fingerprint density at radius 3 is 2.50 bits per heavy atom. The number of hydrogen-bond donors (Lipinski definition) is 3. The predicted octanol–water partition coefficient (Wildman–Crippen LogP) is 1.40. The van der Waals surface area contributed by atoms with E-state index in [-0.39, 0.29) is 23.7 Å². The lowest BCUT2D eigenvalue weighted by molar-refractivity contribution is -0.119. The number of phenolic OH excluding ortho intramolecular Hbond substituents is 1. The molecule has 3 N–H and O–H groups in total. The van der Waals surface area contributed by atoms with E-state index in [1.54, 1.807) is 4.90 Å². The molecule has 0 bridgehead atoms. The molecule has 0 aromatic heterocycles. The second kappa shape index (κ2) is 7.92. The topological polar surface area (TPSA) is 65.0 Å². The van der Waals surface area contributed by atoms with Gasteiger partial charge in [-0.3, -0.25) is 4.90 Å². The van der Waals surface area contributed by atoms with E-state index in [2.05, 4.69) is 5.32 Å². The van der Waals surface area contributed by atoms with E-state index in [0.29, 0.717) is 31.9 Å². The number of ether oxygens (including phenoxy) is 1. The molecule has 1 atom stereocenters. The van der Waals surface area contributed by atoms with Crippen molar-refractivity contribution in [1.29, 1.82) is 0 Å². The second-order valence-electron chi connectivity index (χ2n) is 5.03. The van der Waals surface area contributed by atoms with Crippen molar-refractivity contribution in [2.45, 2.75) is 12.0 Å². The van der Waals surface area contributed by atoms with Gasteiger partial charge >= 0.3 is 0 Å². The van der Waals surface area contributed by atoms with Crippen LogP contribution in [0, 0.1) is 0 Å². The molecule has 0 spiro atoms. The van der Waals surface area contributed by atoms with Crippen molar-refractivity contribution in [3.63, 3.8) is 0 Å². The number of piperazine rings is 1. The van der Waals surface area contributed by atoms with Gasteiger partial charge in [-0.15, -0.1) is 12.4 Å². The van der Waals surface area contributed by atoms with Gasteiger partial charge in [0, 0.05) is 37.8 Å². The Bertz CT molecular complexity index is 485. The normalized spacial score (nSPS) is 17.6. The molecule has 0 unspecified atom stereocenters. The number of aliphatic hydroxyl groups is 1. The Morgan fingerprint density at radius 1 is 1.36 bits per heavy atom. The Morgan fingerprint density at radius 2 is 2.00 bits per heavy atom. The fourth-order valence-corrected chi connectivity index (χ4v) is 2.60. The zero-order valence-corrected chi connectivity index (χ0v) is 13.1. The third-order valence-electron chi connectivity index (χ3n) is 3.66. The van der Waals surface area contributed by atoms with Gasteiger partial charge in [0.15, 0.2) is 0 Å². The number of nitrogens with one attached hydrogen (secondary N) is 1. The van der Waals surface area contributed by atoms with E-state index in [1.165, 1.54) is 25.3 Å². The van der Waals surface area contributed by atoms with E-state index < -0.39 is 18.6 Å². The smallest absolute Gasteiger partial charge is 0.290 e. The van der Waals surface area contributed by atoms with Crippen LogP contribution >= 0.6 is 12.4 Å². The molecule has 5 nitrogen and oxygen atoms in total. The highest BCUT2D eigenvalue weighted by atomic mass is 35.5. The number of rotatable bonds is 5. The number of aromatic hydroxyl groups is 1. The van der Waals surface area contributed by atoms with E-state index in [0.717, 1.165) is 0 Å². The van der Waals surface area contributed by atoms with E-state index in [1.807, 2.05) is 0 Å². The third kappa shape index (κ3) is 3.98. The second-order valence-corrected chi connectivity index (χ2v) is 5.03. The molecule has 22 heavy (non-hydrogen) atoms. The van der Waals surface area contributed by atoms with Gasteiger partial charge in [0.1, 0.15) is 24.1 Å². The minimum Gasteiger partial charge on any atom is -0.507 e. The van der Waals surface area contributed by atoms with Crippen molar-refractivity contribution in [2.75, 3.05) is 39.9 Å². The number of methoxy groups -OCH3 is 1. The molecule has 0 radical (unpaired) electrons. The predicted molar refractivity (Wildman–Crippen MR) is 81.1 cm³/mol. The minimum atomic E-state index is -3.34. The summed E-state index contributed by atoms with van der Waals surface area (Å²) in [6.07, 6.45) is 0. The quantitative estimate of drug-likeness (QED) is 0.757. The van der Waals surface area contributed by atoms with Crippen molar-refractivity contribution < 1.29 is 23.7 Å². The average molecular weight is 339 g/mol. The average Bonchev–Trinajstić information content (AvgIpc) is 2.50. The maximum atomic E-state index is 14.2. The van der Waals surface area contributed by atoms with Crippen LogP contribution in [0.15, 0.2) is 18.2 Å². The molecule has 1 aromatic rings. The SMILES string of the molecule is COc1ccc([C@@H](N2CCNCC2)C(F)(F)CO)c(O)c1.Cl.